The Labute approximate surface area is 108 Å². The van der Waals surface area contributed by atoms with Gasteiger partial charge in [0, 0.05) is 23.6 Å². The van der Waals surface area contributed by atoms with E-state index in [2.05, 4.69) is 0 Å². The van der Waals surface area contributed by atoms with Gasteiger partial charge in [0.05, 0.1) is 11.6 Å². The molecule has 0 aliphatic rings. The number of halogens is 1. The van der Waals surface area contributed by atoms with E-state index in [4.69, 9.17) is 21.1 Å². The number of hydrogen-bond donors (Lipinski definition) is 0. The lowest BCUT2D eigenvalue weighted by Gasteiger charge is -2.14. The molecule has 17 heavy (non-hydrogen) atoms. The molecule has 6 heteroatoms. The van der Waals surface area contributed by atoms with Crippen LogP contribution in [0.25, 0.3) is 0 Å². The fraction of sp³-hybridized carbons (Fsp3) is 0.455. The Morgan fingerprint density at radius 3 is 2.71 bits per heavy atom. The summed E-state index contributed by atoms with van der Waals surface area (Å²) in [4.78, 5) is 23.3. The van der Waals surface area contributed by atoms with Crippen molar-refractivity contribution in [3.63, 3.8) is 0 Å². The van der Waals surface area contributed by atoms with Gasteiger partial charge in [0.15, 0.2) is 0 Å². The van der Waals surface area contributed by atoms with Crippen molar-refractivity contribution >= 4 is 34.9 Å². The molecule has 0 aliphatic heterocycles. The highest BCUT2D eigenvalue weighted by Gasteiger charge is 2.24. The summed E-state index contributed by atoms with van der Waals surface area (Å²) in [6, 6.07) is 1.74. The molecule has 0 N–H and O–H groups in total. The molecule has 0 amide bonds. The van der Waals surface area contributed by atoms with Gasteiger partial charge in [-0.3, -0.25) is 4.79 Å². The van der Waals surface area contributed by atoms with Gasteiger partial charge in [-0.05, 0) is 13.0 Å². The van der Waals surface area contributed by atoms with E-state index in [1.54, 1.807) is 18.4 Å². The van der Waals surface area contributed by atoms with Gasteiger partial charge in [0.2, 0.25) is 6.10 Å². The molecule has 0 spiro atoms. The van der Waals surface area contributed by atoms with Gasteiger partial charge in [-0.15, -0.1) is 11.3 Å². The van der Waals surface area contributed by atoms with Crippen LogP contribution in [0.3, 0.4) is 0 Å². The number of hydrogen-bond acceptors (Lipinski definition) is 5. The first kappa shape index (κ1) is 14.0. The molecule has 1 aromatic rings. The van der Waals surface area contributed by atoms with Crippen LogP contribution in [0.1, 0.15) is 18.7 Å². The zero-order valence-corrected chi connectivity index (χ0v) is 11.1. The fourth-order valence-electron chi connectivity index (χ4n) is 1.25. The van der Waals surface area contributed by atoms with Gasteiger partial charge in [-0.1, -0.05) is 11.6 Å². The maximum Gasteiger partial charge on any atom is 0.347 e. The molecule has 0 saturated carbocycles. The summed E-state index contributed by atoms with van der Waals surface area (Å²) in [7, 11) is 0. The minimum Gasteiger partial charge on any atom is -0.463 e. The topological polar surface area (TPSA) is 52.6 Å². The third kappa shape index (κ3) is 4.75. The molecule has 94 valence electrons. The minimum absolute atomic E-state index is 0.252. The highest BCUT2D eigenvalue weighted by atomic mass is 35.5. The summed E-state index contributed by atoms with van der Waals surface area (Å²) in [5, 5.41) is 2.36. The molecule has 4 nitrogen and oxygen atoms in total. The molecular weight excluding hydrogens is 264 g/mol. The Morgan fingerprint density at radius 1 is 1.53 bits per heavy atom. The SMILES string of the molecule is CCOC(=O)[C@H](Cc1cc(Cl)cs1)OC(C)=O. The quantitative estimate of drug-likeness (QED) is 0.775. The van der Waals surface area contributed by atoms with Crippen molar-refractivity contribution in [2.75, 3.05) is 6.61 Å². The summed E-state index contributed by atoms with van der Waals surface area (Å²) in [5.74, 6) is -1.04. The maximum atomic E-state index is 11.6. The van der Waals surface area contributed by atoms with Gasteiger partial charge in [0.1, 0.15) is 0 Å². The average Bonchev–Trinajstić information content (AvgIpc) is 2.63. The number of carbonyl (C=O) groups excluding carboxylic acids is 2. The number of ether oxygens (including phenoxy) is 2. The molecule has 0 saturated heterocycles. The van der Waals surface area contributed by atoms with Crippen molar-refractivity contribution < 1.29 is 19.1 Å². The molecule has 0 fully saturated rings. The predicted octanol–water partition coefficient (Wildman–Crippen LogP) is 2.44. The van der Waals surface area contributed by atoms with E-state index in [1.807, 2.05) is 0 Å². The van der Waals surface area contributed by atoms with Crippen molar-refractivity contribution in [3.8, 4) is 0 Å². The summed E-state index contributed by atoms with van der Waals surface area (Å²) < 4.78 is 9.77. The molecule has 0 bridgehead atoms. The monoisotopic (exact) mass is 276 g/mol. The zero-order valence-electron chi connectivity index (χ0n) is 9.57. The van der Waals surface area contributed by atoms with Crippen LogP contribution in [0.5, 0.6) is 0 Å². The first-order valence-electron chi connectivity index (χ1n) is 5.09. The lowest BCUT2D eigenvalue weighted by atomic mass is 10.2. The Hall–Kier alpha value is -1.07. The number of esters is 2. The van der Waals surface area contributed by atoms with Crippen LogP contribution in [0.15, 0.2) is 11.4 Å². The Balaban J connectivity index is 2.69. The van der Waals surface area contributed by atoms with E-state index in [-0.39, 0.29) is 13.0 Å². The van der Waals surface area contributed by atoms with E-state index in [0.717, 1.165) is 4.88 Å². The van der Waals surface area contributed by atoms with E-state index in [0.29, 0.717) is 5.02 Å². The molecule has 0 aromatic carbocycles. The second-order valence-electron chi connectivity index (χ2n) is 3.29. The minimum atomic E-state index is -0.901. The Bertz CT molecular complexity index is 402. The van der Waals surface area contributed by atoms with Crippen LogP contribution < -0.4 is 0 Å². The third-order valence-electron chi connectivity index (χ3n) is 1.87. The second-order valence-corrected chi connectivity index (χ2v) is 4.72. The third-order valence-corrected chi connectivity index (χ3v) is 3.17. The summed E-state index contributed by atoms with van der Waals surface area (Å²) >= 11 is 7.19. The van der Waals surface area contributed by atoms with Gasteiger partial charge in [-0.2, -0.15) is 0 Å². The predicted molar refractivity (Wildman–Crippen MR) is 65.2 cm³/mol. The van der Waals surface area contributed by atoms with Crippen LogP contribution in [0.4, 0.5) is 0 Å². The van der Waals surface area contributed by atoms with Crippen LogP contribution in [0, 0.1) is 0 Å². The maximum absolute atomic E-state index is 11.6. The molecule has 1 heterocycles. The molecule has 0 radical (unpaired) electrons. The van der Waals surface area contributed by atoms with Crippen molar-refractivity contribution in [3.05, 3.63) is 21.3 Å². The van der Waals surface area contributed by atoms with Crippen LogP contribution in [-0.4, -0.2) is 24.6 Å². The largest absolute Gasteiger partial charge is 0.463 e. The summed E-state index contributed by atoms with van der Waals surface area (Å²) in [6.45, 7) is 3.21. The van der Waals surface area contributed by atoms with E-state index < -0.39 is 18.0 Å². The number of rotatable bonds is 5. The van der Waals surface area contributed by atoms with Crippen LogP contribution in [0.2, 0.25) is 5.02 Å². The molecule has 1 atom stereocenters. The fourth-order valence-corrected chi connectivity index (χ4v) is 2.36. The second kappa shape index (κ2) is 6.61. The van der Waals surface area contributed by atoms with Gasteiger partial charge >= 0.3 is 11.9 Å². The number of carbonyl (C=O) groups is 2. The van der Waals surface area contributed by atoms with Crippen molar-refractivity contribution in [1.29, 1.82) is 0 Å². The zero-order chi connectivity index (χ0) is 12.8. The molecule has 1 rings (SSSR count). The Kier molecular flexibility index (Phi) is 5.44. The van der Waals surface area contributed by atoms with E-state index in [1.165, 1.54) is 18.3 Å². The van der Waals surface area contributed by atoms with Crippen molar-refractivity contribution in [2.45, 2.75) is 26.4 Å². The van der Waals surface area contributed by atoms with Crippen molar-refractivity contribution in [1.82, 2.24) is 0 Å². The van der Waals surface area contributed by atoms with Crippen molar-refractivity contribution in [2.24, 2.45) is 0 Å². The molecule has 0 unspecified atom stereocenters. The van der Waals surface area contributed by atoms with E-state index >= 15 is 0 Å². The Morgan fingerprint density at radius 2 is 2.24 bits per heavy atom. The highest BCUT2D eigenvalue weighted by Crippen LogP contribution is 2.21. The van der Waals surface area contributed by atoms with E-state index in [9.17, 15) is 9.59 Å². The van der Waals surface area contributed by atoms with Gasteiger partial charge in [0.25, 0.3) is 0 Å². The number of thiophene rings is 1. The lowest BCUT2D eigenvalue weighted by Crippen LogP contribution is -2.30. The first-order valence-corrected chi connectivity index (χ1v) is 6.35. The standard InChI is InChI=1S/C11H13ClO4S/c1-3-15-11(14)10(16-7(2)13)5-9-4-8(12)6-17-9/h4,6,10H,3,5H2,1-2H3/t10-/m0/s1. The summed E-state index contributed by atoms with van der Waals surface area (Å²) in [5.41, 5.74) is 0. The van der Waals surface area contributed by atoms with Crippen LogP contribution >= 0.6 is 22.9 Å². The highest BCUT2D eigenvalue weighted by molar-refractivity contribution is 7.10. The molecular formula is C11H13ClO4S. The van der Waals surface area contributed by atoms with Crippen LogP contribution in [-0.2, 0) is 25.5 Å². The molecule has 1 aromatic heterocycles. The first-order chi connectivity index (χ1) is 8.02. The lowest BCUT2D eigenvalue weighted by molar-refractivity contribution is -0.166. The average molecular weight is 277 g/mol. The molecule has 0 aliphatic carbocycles. The smallest absolute Gasteiger partial charge is 0.347 e. The van der Waals surface area contributed by atoms with Gasteiger partial charge < -0.3 is 9.47 Å². The normalized spacial score (nSPS) is 11.9. The van der Waals surface area contributed by atoms with Gasteiger partial charge in [-0.25, -0.2) is 4.79 Å². The summed E-state index contributed by atoms with van der Waals surface area (Å²) in [6.07, 6.45) is -0.613.